The molecule has 1 aliphatic heterocycles. The second kappa shape index (κ2) is 10.1. The zero-order valence-electron chi connectivity index (χ0n) is 17.6. The summed E-state index contributed by atoms with van der Waals surface area (Å²) in [4.78, 5) is 38.2. The molecule has 0 aliphatic carbocycles. The number of hydrogen-bond acceptors (Lipinski definition) is 4. The lowest BCUT2D eigenvalue weighted by Crippen LogP contribution is -2.35. The maximum absolute atomic E-state index is 12.9. The van der Waals surface area contributed by atoms with Crippen molar-refractivity contribution in [2.45, 2.75) is 20.3 Å². The highest BCUT2D eigenvalue weighted by Crippen LogP contribution is 2.27. The fourth-order valence-electron chi connectivity index (χ4n) is 3.18. The van der Waals surface area contributed by atoms with E-state index in [-0.39, 0.29) is 42.5 Å². The van der Waals surface area contributed by atoms with Crippen molar-refractivity contribution in [2.24, 2.45) is 11.8 Å². The Kier molecular flexibility index (Phi) is 7.23. The van der Waals surface area contributed by atoms with E-state index in [0.717, 1.165) is 0 Å². The molecular formula is C23H26FN3O4. The number of nitrogens with one attached hydrogen (secondary N) is 2. The van der Waals surface area contributed by atoms with Crippen LogP contribution in [0.15, 0.2) is 48.5 Å². The third-order valence-electron chi connectivity index (χ3n) is 4.83. The second-order valence-corrected chi connectivity index (χ2v) is 7.88. The average molecular weight is 427 g/mol. The Morgan fingerprint density at radius 3 is 2.45 bits per heavy atom. The number of ether oxygens (including phenoxy) is 1. The van der Waals surface area contributed by atoms with Gasteiger partial charge < -0.3 is 20.3 Å². The first-order valence-corrected chi connectivity index (χ1v) is 10.2. The van der Waals surface area contributed by atoms with Crippen molar-refractivity contribution in [1.82, 2.24) is 5.32 Å². The maximum atomic E-state index is 12.9. The van der Waals surface area contributed by atoms with Crippen LogP contribution in [0.25, 0.3) is 0 Å². The molecule has 0 aromatic heterocycles. The molecule has 8 heteroatoms. The van der Waals surface area contributed by atoms with Gasteiger partial charge in [0.15, 0.2) is 6.61 Å². The summed E-state index contributed by atoms with van der Waals surface area (Å²) < 4.78 is 18.4. The minimum absolute atomic E-state index is 0.1000. The van der Waals surface area contributed by atoms with Crippen molar-refractivity contribution < 1.29 is 23.5 Å². The van der Waals surface area contributed by atoms with Crippen LogP contribution in [0.1, 0.15) is 20.3 Å². The van der Waals surface area contributed by atoms with Gasteiger partial charge in [-0.2, -0.15) is 0 Å². The molecule has 3 rings (SSSR count). The number of nitrogens with zero attached hydrogens (tertiary/aromatic N) is 1. The van der Waals surface area contributed by atoms with Gasteiger partial charge >= 0.3 is 0 Å². The molecule has 2 aromatic carbocycles. The van der Waals surface area contributed by atoms with Gasteiger partial charge in [0, 0.05) is 30.9 Å². The summed E-state index contributed by atoms with van der Waals surface area (Å²) in [5.74, 6) is -0.501. The van der Waals surface area contributed by atoms with E-state index in [1.165, 1.54) is 24.3 Å². The summed E-state index contributed by atoms with van der Waals surface area (Å²) in [6, 6.07) is 12.2. The maximum Gasteiger partial charge on any atom is 0.262 e. The van der Waals surface area contributed by atoms with Gasteiger partial charge in [0.2, 0.25) is 11.8 Å². The van der Waals surface area contributed by atoms with Crippen LogP contribution >= 0.6 is 0 Å². The zero-order valence-corrected chi connectivity index (χ0v) is 17.6. The highest BCUT2D eigenvalue weighted by atomic mass is 19.1. The number of carbonyl (C=O) groups is 3. The van der Waals surface area contributed by atoms with Crippen LogP contribution in [0.2, 0.25) is 0 Å². The minimum atomic E-state index is -0.381. The molecule has 0 unspecified atom stereocenters. The molecule has 0 spiro atoms. The number of carbonyl (C=O) groups excluding carboxylic acids is 3. The van der Waals surface area contributed by atoms with Crippen molar-refractivity contribution >= 4 is 29.1 Å². The first-order valence-electron chi connectivity index (χ1n) is 10.2. The average Bonchev–Trinajstić information content (AvgIpc) is 3.14. The first kappa shape index (κ1) is 22.3. The number of hydrogen-bond donors (Lipinski definition) is 2. The van der Waals surface area contributed by atoms with E-state index in [1.807, 2.05) is 13.8 Å². The van der Waals surface area contributed by atoms with E-state index >= 15 is 0 Å². The minimum Gasteiger partial charge on any atom is -0.484 e. The van der Waals surface area contributed by atoms with Crippen molar-refractivity contribution in [3.05, 3.63) is 54.3 Å². The van der Waals surface area contributed by atoms with Gasteiger partial charge in [0.1, 0.15) is 11.6 Å². The first-order chi connectivity index (χ1) is 14.8. The predicted molar refractivity (Wildman–Crippen MR) is 115 cm³/mol. The molecule has 31 heavy (non-hydrogen) atoms. The summed E-state index contributed by atoms with van der Waals surface area (Å²) in [6.07, 6.45) is 0.186. The summed E-state index contributed by atoms with van der Waals surface area (Å²) in [7, 11) is 0. The molecule has 3 amide bonds. The van der Waals surface area contributed by atoms with E-state index in [2.05, 4.69) is 10.6 Å². The van der Waals surface area contributed by atoms with Gasteiger partial charge in [-0.25, -0.2) is 4.39 Å². The summed E-state index contributed by atoms with van der Waals surface area (Å²) in [6.45, 7) is 4.75. The van der Waals surface area contributed by atoms with Crippen LogP contribution in [-0.4, -0.2) is 37.4 Å². The Bertz CT molecular complexity index is 929. The number of rotatable bonds is 8. The number of benzene rings is 2. The molecule has 2 N–H and O–H groups in total. The van der Waals surface area contributed by atoms with Crippen molar-refractivity contribution in [1.29, 1.82) is 0 Å². The fraction of sp³-hybridized carbons (Fsp3) is 0.348. The summed E-state index contributed by atoms with van der Waals surface area (Å²) in [5, 5.41) is 5.49. The van der Waals surface area contributed by atoms with E-state index in [4.69, 9.17) is 4.74 Å². The summed E-state index contributed by atoms with van der Waals surface area (Å²) >= 11 is 0. The van der Waals surface area contributed by atoms with Crippen LogP contribution < -0.4 is 20.3 Å². The molecule has 1 atom stereocenters. The zero-order chi connectivity index (χ0) is 22.4. The molecule has 0 bridgehead atoms. The second-order valence-electron chi connectivity index (χ2n) is 7.88. The Hall–Kier alpha value is -3.42. The highest BCUT2D eigenvalue weighted by Gasteiger charge is 2.35. The standard InChI is InChI=1S/C23H26FN3O4/c1-15(2)12-25-23(30)16-11-22(29)27(13-16)19-7-9-20(10-8-19)31-14-21(28)26-18-5-3-17(24)4-6-18/h3-10,15-16H,11-14H2,1-2H3,(H,25,30)(H,26,28)/t16-/m0/s1. The normalized spacial score (nSPS) is 15.8. The van der Waals surface area contributed by atoms with Crippen LogP contribution in [0.3, 0.4) is 0 Å². The van der Waals surface area contributed by atoms with Gasteiger partial charge in [-0.05, 0) is 54.4 Å². The number of anilines is 2. The van der Waals surface area contributed by atoms with Crippen molar-refractivity contribution in [3.63, 3.8) is 0 Å². The highest BCUT2D eigenvalue weighted by molar-refractivity contribution is 6.00. The van der Waals surface area contributed by atoms with Gasteiger partial charge in [0.05, 0.1) is 5.92 Å². The molecule has 0 radical (unpaired) electrons. The Morgan fingerprint density at radius 1 is 1.13 bits per heavy atom. The van der Waals surface area contributed by atoms with Crippen LogP contribution in [-0.2, 0) is 14.4 Å². The van der Waals surface area contributed by atoms with Gasteiger partial charge in [0.25, 0.3) is 5.91 Å². The van der Waals surface area contributed by atoms with Crippen LogP contribution in [0.5, 0.6) is 5.75 Å². The quantitative estimate of drug-likeness (QED) is 0.678. The Morgan fingerprint density at radius 2 is 1.81 bits per heavy atom. The van der Waals surface area contributed by atoms with Crippen molar-refractivity contribution in [3.8, 4) is 5.75 Å². The lowest BCUT2D eigenvalue weighted by atomic mass is 10.1. The van der Waals surface area contributed by atoms with Gasteiger partial charge in [-0.3, -0.25) is 14.4 Å². The van der Waals surface area contributed by atoms with Crippen LogP contribution in [0, 0.1) is 17.7 Å². The molecule has 1 aliphatic rings. The molecule has 164 valence electrons. The van der Waals surface area contributed by atoms with Gasteiger partial charge in [-0.1, -0.05) is 13.8 Å². The predicted octanol–water partition coefficient (Wildman–Crippen LogP) is 2.97. The summed E-state index contributed by atoms with van der Waals surface area (Å²) in [5.41, 5.74) is 1.15. The molecular weight excluding hydrogens is 401 g/mol. The SMILES string of the molecule is CC(C)CNC(=O)[C@H]1CC(=O)N(c2ccc(OCC(=O)Nc3ccc(F)cc3)cc2)C1. The Balaban J connectivity index is 1.50. The molecule has 7 nitrogen and oxygen atoms in total. The third kappa shape index (κ3) is 6.28. The fourth-order valence-corrected chi connectivity index (χ4v) is 3.18. The molecule has 1 fully saturated rings. The van der Waals surface area contributed by atoms with E-state index in [1.54, 1.807) is 29.2 Å². The molecule has 1 saturated heterocycles. The van der Waals surface area contributed by atoms with Crippen LogP contribution in [0.4, 0.5) is 15.8 Å². The topological polar surface area (TPSA) is 87.7 Å². The third-order valence-corrected chi connectivity index (χ3v) is 4.83. The number of halogens is 1. The molecule has 0 saturated carbocycles. The molecule has 2 aromatic rings. The van der Waals surface area contributed by atoms with E-state index < -0.39 is 0 Å². The van der Waals surface area contributed by atoms with E-state index in [9.17, 15) is 18.8 Å². The Labute approximate surface area is 180 Å². The van der Waals surface area contributed by atoms with Gasteiger partial charge in [-0.15, -0.1) is 0 Å². The van der Waals surface area contributed by atoms with Crippen molar-refractivity contribution in [2.75, 3.05) is 29.9 Å². The smallest absolute Gasteiger partial charge is 0.262 e. The molecule has 1 heterocycles. The largest absolute Gasteiger partial charge is 0.484 e. The monoisotopic (exact) mass is 427 g/mol. The van der Waals surface area contributed by atoms with E-state index in [0.29, 0.717) is 36.1 Å². The number of amides is 3. The lowest BCUT2D eigenvalue weighted by molar-refractivity contribution is -0.126. The lowest BCUT2D eigenvalue weighted by Gasteiger charge is -2.17.